The van der Waals surface area contributed by atoms with Gasteiger partial charge in [-0.2, -0.15) is 0 Å². The monoisotopic (exact) mass is 456 g/mol. The number of carbonyl (C=O) groups is 2. The maximum absolute atomic E-state index is 14.3. The van der Waals surface area contributed by atoms with Crippen LogP contribution in [0.3, 0.4) is 0 Å². The maximum Gasteiger partial charge on any atom is 0.338 e. The van der Waals surface area contributed by atoms with E-state index in [1.165, 1.54) is 0 Å². The van der Waals surface area contributed by atoms with E-state index in [9.17, 15) is 24.9 Å². The molecule has 3 N–H and O–H groups in total. The minimum atomic E-state index is -1.84. The van der Waals surface area contributed by atoms with Crippen LogP contribution in [0.5, 0.6) is 0 Å². The van der Waals surface area contributed by atoms with Crippen LogP contribution in [0.15, 0.2) is 30.3 Å². The molecule has 4 aliphatic rings. The molecule has 0 aromatic heterocycles. The van der Waals surface area contributed by atoms with Gasteiger partial charge in [-0.05, 0) is 55.6 Å². The summed E-state index contributed by atoms with van der Waals surface area (Å²) in [7, 11) is 0. The van der Waals surface area contributed by atoms with Crippen LogP contribution >= 0.6 is 0 Å². The predicted molar refractivity (Wildman–Crippen MR) is 121 cm³/mol. The summed E-state index contributed by atoms with van der Waals surface area (Å²) in [5.74, 6) is -1.94. The Hall–Kier alpha value is -1.76. The van der Waals surface area contributed by atoms with E-state index in [0.717, 1.165) is 6.42 Å². The fourth-order valence-corrected chi connectivity index (χ4v) is 8.05. The number of Topliss-reactive ketones (excluding diaryl/α,β-unsaturated/α-hetero) is 1. The van der Waals surface area contributed by atoms with E-state index in [1.54, 1.807) is 38.1 Å². The molecule has 4 aliphatic carbocycles. The van der Waals surface area contributed by atoms with Crippen LogP contribution in [0, 0.1) is 39.9 Å². The molecule has 0 bridgehead atoms. The Morgan fingerprint density at radius 3 is 2.33 bits per heavy atom. The van der Waals surface area contributed by atoms with Gasteiger partial charge in [0.15, 0.2) is 5.78 Å². The third-order valence-electron chi connectivity index (χ3n) is 10.4. The van der Waals surface area contributed by atoms with Crippen LogP contribution < -0.4 is 0 Å². The number of hydrogen-bond acceptors (Lipinski definition) is 6. The topological polar surface area (TPSA) is 104 Å². The average molecular weight is 457 g/mol. The van der Waals surface area contributed by atoms with Gasteiger partial charge in [0.1, 0.15) is 11.7 Å². The van der Waals surface area contributed by atoms with Gasteiger partial charge >= 0.3 is 5.97 Å². The fraction of sp³-hybridized carbons (Fsp3) is 0.704. The molecular formula is C27H36O6. The number of esters is 1. The molecule has 0 radical (unpaired) electrons. The Bertz CT molecular complexity index is 990. The van der Waals surface area contributed by atoms with E-state index in [-0.39, 0.29) is 29.6 Å². The van der Waals surface area contributed by atoms with Crippen LogP contribution in [0.25, 0.3) is 0 Å². The molecule has 33 heavy (non-hydrogen) atoms. The van der Waals surface area contributed by atoms with Gasteiger partial charge in [0, 0.05) is 17.3 Å². The van der Waals surface area contributed by atoms with E-state index < -0.39 is 52.4 Å². The number of aliphatic hydroxyl groups excluding tert-OH is 2. The molecule has 4 saturated carbocycles. The summed E-state index contributed by atoms with van der Waals surface area (Å²) in [6.45, 7) is 9.74. The van der Waals surface area contributed by atoms with Crippen molar-refractivity contribution in [3.05, 3.63) is 35.9 Å². The Kier molecular flexibility index (Phi) is 4.81. The quantitative estimate of drug-likeness (QED) is 0.591. The molecule has 0 aliphatic heterocycles. The number of carbonyl (C=O) groups excluding carboxylic acids is 2. The van der Waals surface area contributed by atoms with Crippen molar-refractivity contribution in [3.8, 4) is 0 Å². The maximum atomic E-state index is 14.3. The van der Waals surface area contributed by atoms with Gasteiger partial charge in [0.2, 0.25) is 0 Å². The molecular weight excluding hydrogens is 420 g/mol. The molecule has 0 amide bonds. The summed E-state index contributed by atoms with van der Waals surface area (Å²) >= 11 is 0. The molecule has 4 fully saturated rings. The number of aliphatic hydroxyl groups is 3. The third-order valence-corrected chi connectivity index (χ3v) is 10.4. The number of hydrogen-bond donors (Lipinski definition) is 3. The summed E-state index contributed by atoms with van der Waals surface area (Å²) in [6, 6.07) is 8.73. The van der Waals surface area contributed by atoms with Crippen LogP contribution in [-0.4, -0.2) is 51.0 Å². The molecule has 1 aromatic carbocycles. The lowest BCUT2D eigenvalue weighted by molar-refractivity contribution is -0.229. The highest BCUT2D eigenvalue weighted by atomic mass is 16.5. The Morgan fingerprint density at radius 1 is 1.06 bits per heavy atom. The van der Waals surface area contributed by atoms with Gasteiger partial charge in [-0.3, -0.25) is 4.79 Å². The predicted octanol–water partition coefficient (Wildman–Crippen LogP) is 2.98. The number of benzene rings is 1. The molecule has 1 aromatic rings. The van der Waals surface area contributed by atoms with E-state index in [2.05, 4.69) is 13.8 Å². The number of ether oxygens (including phenoxy) is 1. The van der Waals surface area contributed by atoms with Crippen molar-refractivity contribution in [2.75, 3.05) is 0 Å². The molecule has 10 atom stereocenters. The standard InChI is InChI=1S/C27H36O6/c1-14-13-27(32)18(19(14)28)20(29)25(4)12-11-16-17(24(16,2)3)21(26(25,5)23(27)31)33-22(30)15-9-7-6-8-10-15/h6-10,14,16-21,28-29,32H,11-13H2,1-5H3/t14-,16+,17+,18-,19+,20-,21-,25+,26-,27-/m1/s1. The van der Waals surface area contributed by atoms with Gasteiger partial charge in [-0.15, -0.1) is 0 Å². The molecule has 6 nitrogen and oxygen atoms in total. The molecule has 0 unspecified atom stereocenters. The van der Waals surface area contributed by atoms with Gasteiger partial charge < -0.3 is 20.1 Å². The van der Waals surface area contributed by atoms with Crippen molar-refractivity contribution in [3.63, 3.8) is 0 Å². The van der Waals surface area contributed by atoms with Crippen molar-refractivity contribution in [1.29, 1.82) is 0 Å². The first-order chi connectivity index (χ1) is 15.3. The Balaban J connectivity index is 1.64. The summed E-state index contributed by atoms with van der Waals surface area (Å²) in [4.78, 5) is 27.5. The smallest absolute Gasteiger partial charge is 0.338 e. The van der Waals surface area contributed by atoms with Gasteiger partial charge in [0.05, 0.1) is 23.2 Å². The second kappa shape index (κ2) is 6.89. The van der Waals surface area contributed by atoms with Crippen molar-refractivity contribution in [2.45, 2.75) is 77.8 Å². The number of ketones is 1. The largest absolute Gasteiger partial charge is 0.457 e. The van der Waals surface area contributed by atoms with Crippen LogP contribution in [0.2, 0.25) is 0 Å². The van der Waals surface area contributed by atoms with E-state index in [4.69, 9.17) is 4.74 Å². The van der Waals surface area contributed by atoms with E-state index >= 15 is 0 Å². The zero-order chi connectivity index (χ0) is 24.1. The lowest BCUT2D eigenvalue weighted by Gasteiger charge is -2.60. The Labute approximate surface area is 195 Å². The van der Waals surface area contributed by atoms with Gasteiger partial charge in [0.25, 0.3) is 0 Å². The van der Waals surface area contributed by atoms with Crippen LogP contribution in [0.1, 0.15) is 64.2 Å². The van der Waals surface area contributed by atoms with E-state index in [0.29, 0.717) is 12.0 Å². The second-order valence-electron chi connectivity index (χ2n) is 12.2. The molecule has 0 spiro atoms. The summed E-state index contributed by atoms with van der Waals surface area (Å²) in [5.41, 5.74) is -3.79. The van der Waals surface area contributed by atoms with Gasteiger partial charge in [-0.25, -0.2) is 4.79 Å². The number of fused-ring (bicyclic) bond motifs is 3. The van der Waals surface area contributed by atoms with Crippen LogP contribution in [-0.2, 0) is 9.53 Å². The average Bonchev–Trinajstić information content (AvgIpc) is 3.26. The first-order valence-corrected chi connectivity index (χ1v) is 12.2. The Morgan fingerprint density at radius 2 is 1.70 bits per heavy atom. The SMILES string of the molecule is C[C@@H]1C[C@]2(O)C(=O)[C@@]3(C)[C@H](OC(=O)c4ccccc4)[C@@H]4[C@H](CC[C@@]3(C)[C@H](O)[C@H]2[C@H]1O)C4(C)C. The summed E-state index contributed by atoms with van der Waals surface area (Å²) < 4.78 is 6.21. The minimum absolute atomic E-state index is 0.0444. The lowest BCUT2D eigenvalue weighted by Crippen LogP contribution is -2.72. The van der Waals surface area contributed by atoms with E-state index in [1.807, 2.05) is 13.0 Å². The first kappa shape index (κ1) is 23.0. The van der Waals surface area contributed by atoms with Crippen molar-refractivity contribution in [2.24, 2.45) is 39.9 Å². The second-order valence-corrected chi connectivity index (χ2v) is 12.2. The molecule has 0 saturated heterocycles. The zero-order valence-electron chi connectivity index (χ0n) is 20.1. The third kappa shape index (κ3) is 2.72. The number of rotatable bonds is 2. The van der Waals surface area contributed by atoms with Crippen molar-refractivity contribution in [1.82, 2.24) is 0 Å². The zero-order valence-corrected chi connectivity index (χ0v) is 20.1. The van der Waals surface area contributed by atoms with Crippen LogP contribution in [0.4, 0.5) is 0 Å². The fourth-order valence-electron chi connectivity index (χ4n) is 8.05. The highest BCUT2D eigenvalue weighted by Crippen LogP contribution is 2.73. The summed E-state index contributed by atoms with van der Waals surface area (Å²) in [6.07, 6.45) is -1.38. The molecule has 180 valence electrons. The summed E-state index contributed by atoms with van der Waals surface area (Å²) in [5, 5.41) is 34.2. The highest BCUT2D eigenvalue weighted by Gasteiger charge is 2.79. The molecule has 0 heterocycles. The molecule has 5 rings (SSSR count). The normalized spacial score (nSPS) is 49.9. The van der Waals surface area contributed by atoms with Gasteiger partial charge in [-0.1, -0.05) is 45.9 Å². The highest BCUT2D eigenvalue weighted by molar-refractivity contribution is 5.96. The first-order valence-electron chi connectivity index (χ1n) is 12.2. The molecule has 6 heteroatoms. The minimum Gasteiger partial charge on any atom is -0.457 e. The van der Waals surface area contributed by atoms with Crippen molar-refractivity contribution < 1.29 is 29.6 Å². The lowest BCUT2D eigenvalue weighted by atomic mass is 9.46. The van der Waals surface area contributed by atoms with Crippen molar-refractivity contribution >= 4 is 11.8 Å².